The summed E-state index contributed by atoms with van der Waals surface area (Å²) in [6.45, 7) is 0. The van der Waals surface area contributed by atoms with Gasteiger partial charge in [0.2, 0.25) is 5.82 Å². The quantitative estimate of drug-likeness (QED) is 0.589. The minimum absolute atomic E-state index is 0.390. The van der Waals surface area contributed by atoms with Gasteiger partial charge in [-0.3, -0.25) is 4.40 Å². The monoisotopic (exact) mass is 220 g/mol. The van der Waals surface area contributed by atoms with Gasteiger partial charge in [-0.25, -0.2) is 4.98 Å². The standard InChI is InChI=1S/C9H5ClN4O/c10-7-4-8-12-13-9(14(8)5-11-7)6-2-1-3-15-6/h1-5H. The Morgan fingerprint density at radius 2 is 2.27 bits per heavy atom. The first kappa shape index (κ1) is 8.43. The Labute approximate surface area is 89.3 Å². The SMILES string of the molecule is Clc1cc2nnc(-c3ccco3)n2cn1. The second kappa shape index (κ2) is 3.06. The summed E-state index contributed by atoms with van der Waals surface area (Å²) in [5, 5.41) is 8.35. The first-order valence-electron chi connectivity index (χ1n) is 4.25. The number of halogens is 1. The van der Waals surface area contributed by atoms with Gasteiger partial charge in [0.1, 0.15) is 11.5 Å². The summed E-state index contributed by atoms with van der Waals surface area (Å²) < 4.78 is 6.95. The van der Waals surface area contributed by atoms with Crippen molar-refractivity contribution in [1.29, 1.82) is 0 Å². The van der Waals surface area contributed by atoms with Crippen molar-refractivity contribution in [3.63, 3.8) is 0 Å². The fourth-order valence-electron chi connectivity index (χ4n) is 1.35. The van der Waals surface area contributed by atoms with Crippen LogP contribution in [-0.4, -0.2) is 19.6 Å². The molecule has 0 saturated carbocycles. The molecule has 0 aliphatic heterocycles. The highest BCUT2D eigenvalue weighted by molar-refractivity contribution is 6.29. The van der Waals surface area contributed by atoms with E-state index in [0.717, 1.165) is 0 Å². The van der Waals surface area contributed by atoms with Gasteiger partial charge in [-0.05, 0) is 12.1 Å². The van der Waals surface area contributed by atoms with E-state index in [9.17, 15) is 0 Å². The van der Waals surface area contributed by atoms with Gasteiger partial charge in [-0.2, -0.15) is 0 Å². The Kier molecular flexibility index (Phi) is 1.72. The maximum atomic E-state index is 5.74. The topological polar surface area (TPSA) is 56.2 Å². The summed E-state index contributed by atoms with van der Waals surface area (Å²) in [6, 6.07) is 5.24. The molecule has 74 valence electrons. The van der Waals surface area contributed by atoms with E-state index in [1.54, 1.807) is 29.1 Å². The van der Waals surface area contributed by atoms with Crippen LogP contribution in [-0.2, 0) is 0 Å². The molecule has 3 aromatic rings. The fraction of sp³-hybridized carbons (Fsp3) is 0. The van der Waals surface area contributed by atoms with Gasteiger partial charge < -0.3 is 4.42 Å². The Balaban J connectivity index is 2.29. The first-order valence-corrected chi connectivity index (χ1v) is 4.62. The molecule has 0 fully saturated rings. The molecule has 15 heavy (non-hydrogen) atoms. The van der Waals surface area contributed by atoms with Crippen molar-refractivity contribution in [2.75, 3.05) is 0 Å². The predicted octanol–water partition coefficient (Wildman–Crippen LogP) is 2.04. The highest BCUT2D eigenvalue weighted by atomic mass is 35.5. The lowest BCUT2D eigenvalue weighted by atomic mass is 10.4. The summed E-state index contributed by atoms with van der Waals surface area (Å²) in [5.74, 6) is 1.26. The zero-order valence-corrected chi connectivity index (χ0v) is 8.22. The van der Waals surface area contributed by atoms with E-state index in [1.165, 1.54) is 0 Å². The second-order valence-corrected chi connectivity index (χ2v) is 3.33. The number of aromatic nitrogens is 4. The Morgan fingerprint density at radius 1 is 1.33 bits per heavy atom. The molecular weight excluding hydrogens is 216 g/mol. The van der Waals surface area contributed by atoms with Crippen molar-refractivity contribution in [3.8, 4) is 11.6 Å². The smallest absolute Gasteiger partial charge is 0.205 e. The second-order valence-electron chi connectivity index (χ2n) is 2.94. The van der Waals surface area contributed by atoms with Gasteiger partial charge in [0, 0.05) is 6.07 Å². The normalized spacial score (nSPS) is 11.0. The lowest BCUT2D eigenvalue weighted by Crippen LogP contribution is -1.89. The Hall–Kier alpha value is -1.88. The number of furan rings is 1. The zero-order chi connectivity index (χ0) is 10.3. The van der Waals surface area contributed by atoms with E-state index >= 15 is 0 Å². The predicted molar refractivity (Wildman–Crippen MR) is 53.5 cm³/mol. The third-order valence-electron chi connectivity index (χ3n) is 2.01. The molecular formula is C9H5ClN4O. The number of rotatable bonds is 1. The number of nitrogens with zero attached hydrogens (tertiary/aromatic N) is 4. The summed E-state index contributed by atoms with van der Waals surface area (Å²) in [5.41, 5.74) is 0.640. The average molecular weight is 221 g/mol. The van der Waals surface area contributed by atoms with Crippen molar-refractivity contribution in [3.05, 3.63) is 35.9 Å². The van der Waals surface area contributed by atoms with Crippen molar-refractivity contribution in [2.45, 2.75) is 0 Å². The van der Waals surface area contributed by atoms with E-state index in [1.807, 2.05) is 6.07 Å². The molecule has 6 heteroatoms. The number of hydrogen-bond donors (Lipinski definition) is 0. The summed E-state index contributed by atoms with van der Waals surface area (Å²) in [4.78, 5) is 3.96. The van der Waals surface area contributed by atoms with Gasteiger partial charge in [-0.15, -0.1) is 10.2 Å². The maximum Gasteiger partial charge on any atom is 0.205 e. The number of fused-ring (bicyclic) bond motifs is 1. The number of hydrogen-bond acceptors (Lipinski definition) is 4. The van der Waals surface area contributed by atoms with Crippen molar-refractivity contribution in [1.82, 2.24) is 19.6 Å². The van der Waals surface area contributed by atoms with Crippen molar-refractivity contribution in [2.24, 2.45) is 0 Å². The van der Waals surface area contributed by atoms with Gasteiger partial charge in [0.25, 0.3) is 0 Å². The Morgan fingerprint density at radius 3 is 3.07 bits per heavy atom. The van der Waals surface area contributed by atoms with E-state index < -0.39 is 0 Å². The largest absolute Gasteiger partial charge is 0.461 e. The molecule has 0 amide bonds. The molecule has 3 aromatic heterocycles. The molecule has 0 spiro atoms. The van der Waals surface area contributed by atoms with Crippen molar-refractivity contribution >= 4 is 17.2 Å². The lowest BCUT2D eigenvalue weighted by Gasteiger charge is -1.95. The van der Waals surface area contributed by atoms with Crippen LogP contribution < -0.4 is 0 Å². The minimum atomic E-state index is 0.390. The van der Waals surface area contributed by atoms with Gasteiger partial charge in [-0.1, -0.05) is 11.6 Å². The maximum absolute atomic E-state index is 5.74. The van der Waals surface area contributed by atoms with Crippen LogP contribution in [0.2, 0.25) is 5.15 Å². The van der Waals surface area contributed by atoms with Gasteiger partial charge in [0.15, 0.2) is 11.4 Å². The summed E-state index contributed by atoms with van der Waals surface area (Å²) >= 11 is 5.74. The average Bonchev–Trinajstić information content (AvgIpc) is 2.82. The van der Waals surface area contributed by atoms with E-state index in [4.69, 9.17) is 16.0 Å². The summed E-state index contributed by atoms with van der Waals surface area (Å²) in [7, 11) is 0. The lowest BCUT2D eigenvalue weighted by molar-refractivity contribution is 0.576. The molecule has 5 nitrogen and oxygen atoms in total. The van der Waals surface area contributed by atoms with Gasteiger partial charge in [0.05, 0.1) is 6.26 Å². The van der Waals surface area contributed by atoms with Crippen LogP contribution in [0.5, 0.6) is 0 Å². The highest BCUT2D eigenvalue weighted by Crippen LogP contribution is 2.18. The van der Waals surface area contributed by atoms with E-state index in [-0.39, 0.29) is 0 Å². The molecule has 3 heterocycles. The molecule has 0 aliphatic rings. The van der Waals surface area contributed by atoms with E-state index in [0.29, 0.717) is 22.4 Å². The van der Waals surface area contributed by atoms with Gasteiger partial charge >= 0.3 is 0 Å². The Bertz CT molecular complexity index is 602. The van der Waals surface area contributed by atoms with Crippen LogP contribution >= 0.6 is 11.6 Å². The molecule has 0 aliphatic carbocycles. The molecule has 0 aromatic carbocycles. The van der Waals surface area contributed by atoms with Crippen LogP contribution in [0.25, 0.3) is 17.2 Å². The molecule has 0 radical (unpaired) electrons. The molecule has 0 N–H and O–H groups in total. The molecule has 0 bridgehead atoms. The zero-order valence-electron chi connectivity index (χ0n) is 7.46. The van der Waals surface area contributed by atoms with Crippen molar-refractivity contribution < 1.29 is 4.42 Å². The third kappa shape index (κ3) is 1.28. The van der Waals surface area contributed by atoms with E-state index in [2.05, 4.69) is 15.2 Å². The van der Waals surface area contributed by atoms with Crippen LogP contribution in [0, 0.1) is 0 Å². The highest BCUT2D eigenvalue weighted by Gasteiger charge is 2.10. The third-order valence-corrected chi connectivity index (χ3v) is 2.22. The molecule has 3 rings (SSSR count). The minimum Gasteiger partial charge on any atom is -0.461 e. The van der Waals surface area contributed by atoms with Crippen LogP contribution in [0.4, 0.5) is 0 Å². The molecule has 0 saturated heterocycles. The van der Waals surface area contributed by atoms with Crippen LogP contribution in [0.3, 0.4) is 0 Å². The van der Waals surface area contributed by atoms with Crippen LogP contribution in [0.1, 0.15) is 0 Å². The van der Waals surface area contributed by atoms with Crippen LogP contribution in [0.15, 0.2) is 35.2 Å². The molecule has 0 unspecified atom stereocenters. The summed E-state index contributed by atoms with van der Waals surface area (Å²) in [6.07, 6.45) is 3.15. The molecule has 0 atom stereocenters. The first-order chi connectivity index (χ1) is 7.34. The fourth-order valence-corrected chi connectivity index (χ4v) is 1.49.